The van der Waals surface area contributed by atoms with Gasteiger partial charge in [0.1, 0.15) is 11.5 Å². The van der Waals surface area contributed by atoms with Crippen molar-refractivity contribution >= 4 is 15.8 Å². The maximum atomic E-state index is 11.5. The van der Waals surface area contributed by atoms with E-state index < -0.39 is 15.8 Å². The topological polar surface area (TPSA) is 89.3 Å². The first-order valence-electron chi connectivity index (χ1n) is 5.33. The molecule has 1 aromatic heterocycles. The first kappa shape index (κ1) is 13.7. The Morgan fingerprint density at radius 2 is 2.12 bits per heavy atom. The molecule has 1 rings (SSSR count). The lowest BCUT2D eigenvalue weighted by molar-refractivity contribution is 0.0685. The summed E-state index contributed by atoms with van der Waals surface area (Å²) in [6.07, 6.45) is 1.81. The third-order valence-corrected chi connectivity index (χ3v) is 4.25. The molecule has 0 saturated carbocycles. The molecule has 7 heteroatoms. The van der Waals surface area contributed by atoms with Gasteiger partial charge in [0.15, 0.2) is 9.84 Å². The average molecular weight is 260 g/mol. The van der Waals surface area contributed by atoms with Crippen LogP contribution in [0.15, 0.2) is 6.20 Å². The first-order valence-corrected chi connectivity index (χ1v) is 7.15. The molecule has 0 atom stereocenters. The Bertz CT molecular complexity index is 504. The number of carboxylic acids is 1. The fourth-order valence-electron chi connectivity index (χ4n) is 1.56. The summed E-state index contributed by atoms with van der Waals surface area (Å²) in [4.78, 5) is 14.7. The van der Waals surface area contributed by atoms with Crippen molar-refractivity contribution in [2.75, 3.05) is 11.5 Å². The van der Waals surface area contributed by atoms with Crippen LogP contribution in [-0.4, -0.2) is 40.6 Å². The Hall–Kier alpha value is -1.37. The van der Waals surface area contributed by atoms with Gasteiger partial charge in [-0.1, -0.05) is 6.92 Å². The highest BCUT2D eigenvalue weighted by Gasteiger charge is 2.16. The standard InChI is InChI=1S/C10H16N2O4S/c1-3-5-17(15,16)6-4-12-8(2)11-7-9(12)10(13)14/h7H,3-6H2,1-2H3,(H,13,14). The number of carboxylic acid groups (broad SMARTS) is 1. The van der Waals surface area contributed by atoms with Gasteiger partial charge in [0, 0.05) is 12.3 Å². The molecule has 0 aliphatic carbocycles. The van der Waals surface area contributed by atoms with Gasteiger partial charge in [0.05, 0.1) is 11.9 Å². The molecular weight excluding hydrogens is 244 g/mol. The van der Waals surface area contributed by atoms with E-state index in [0.29, 0.717) is 12.2 Å². The molecule has 0 aromatic carbocycles. The third kappa shape index (κ3) is 3.55. The maximum Gasteiger partial charge on any atom is 0.354 e. The summed E-state index contributed by atoms with van der Waals surface area (Å²) >= 11 is 0. The van der Waals surface area contributed by atoms with E-state index in [1.54, 1.807) is 13.8 Å². The van der Waals surface area contributed by atoms with E-state index in [4.69, 9.17) is 5.11 Å². The number of aromatic carboxylic acids is 1. The highest BCUT2D eigenvalue weighted by atomic mass is 32.2. The zero-order valence-corrected chi connectivity index (χ0v) is 10.7. The molecule has 6 nitrogen and oxygen atoms in total. The van der Waals surface area contributed by atoms with E-state index in [0.717, 1.165) is 0 Å². The Balaban J connectivity index is 2.82. The number of aryl methyl sites for hydroxylation is 1. The first-order chi connectivity index (χ1) is 7.87. The molecule has 0 fully saturated rings. The Morgan fingerprint density at radius 1 is 1.47 bits per heavy atom. The summed E-state index contributed by atoms with van der Waals surface area (Å²) < 4.78 is 24.5. The van der Waals surface area contributed by atoms with Gasteiger partial charge in [-0.2, -0.15) is 0 Å². The maximum absolute atomic E-state index is 11.5. The second kappa shape index (κ2) is 5.31. The lowest BCUT2D eigenvalue weighted by atomic mass is 10.4. The SMILES string of the molecule is CCCS(=O)(=O)CCn1c(C(=O)O)cnc1C. The highest BCUT2D eigenvalue weighted by molar-refractivity contribution is 7.91. The van der Waals surface area contributed by atoms with E-state index in [1.807, 2.05) is 0 Å². The molecule has 0 amide bonds. The lowest BCUT2D eigenvalue weighted by Crippen LogP contribution is -2.19. The molecule has 1 aromatic rings. The van der Waals surface area contributed by atoms with Crippen molar-refractivity contribution in [2.45, 2.75) is 26.8 Å². The monoisotopic (exact) mass is 260 g/mol. The zero-order chi connectivity index (χ0) is 13.1. The number of rotatable bonds is 6. The van der Waals surface area contributed by atoms with Crippen LogP contribution in [0.4, 0.5) is 0 Å². The van der Waals surface area contributed by atoms with Crippen LogP contribution in [0, 0.1) is 6.92 Å². The second-order valence-electron chi connectivity index (χ2n) is 3.80. The third-order valence-electron chi connectivity index (χ3n) is 2.42. The number of hydrogen-bond acceptors (Lipinski definition) is 4. The second-order valence-corrected chi connectivity index (χ2v) is 6.10. The molecule has 1 heterocycles. The summed E-state index contributed by atoms with van der Waals surface area (Å²) in [6.45, 7) is 3.58. The van der Waals surface area contributed by atoms with Crippen LogP contribution in [0.3, 0.4) is 0 Å². The van der Waals surface area contributed by atoms with Crippen LogP contribution >= 0.6 is 0 Å². The van der Waals surface area contributed by atoms with E-state index in [1.165, 1.54) is 10.8 Å². The van der Waals surface area contributed by atoms with Gasteiger partial charge in [-0.25, -0.2) is 18.2 Å². The number of nitrogens with zero attached hydrogens (tertiary/aromatic N) is 2. The number of carbonyl (C=O) groups is 1. The van der Waals surface area contributed by atoms with E-state index in [9.17, 15) is 13.2 Å². The number of aromatic nitrogens is 2. The lowest BCUT2D eigenvalue weighted by Gasteiger charge is -2.08. The molecule has 96 valence electrons. The largest absolute Gasteiger partial charge is 0.477 e. The molecule has 0 saturated heterocycles. The fraction of sp³-hybridized carbons (Fsp3) is 0.600. The number of sulfone groups is 1. The molecule has 0 aliphatic rings. The van der Waals surface area contributed by atoms with Crippen molar-refractivity contribution in [2.24, 2.45) is 0 Å². The van der Waals surface area contributed by atoms with E-state index >= 15 is 0 Å². The predicted octanol–water partition coefficient (Wildman–Crippen LogP) is 0.715. The van der Waals surface area contributed by atoms with Crippen molar-refractivity contribution in [1.82, 2.24) is 9.55 Å². The van der Waals surface area contributed by atoms with Crippen LogP contribution in [0.2, 0.25) is 0 Å². The normalized spacial score (nSPS) is 11.6. The van der Waals surface area contributed by atoms with Crippen molar-refractivity contribution in [3.8, 4) is 0 Å². The zero-order valence-electron chi connectivity index (χ0n) is 9.88. The smallest absolute Gasteiger partial charge is 0.354 e. The average Bonchev–Trinajstić information content (AvgIpc) is 2.57. The summed E-state index contributed by atoms with van der Waals surface area (Å²) in [5.74, 6) is -0.519. The number of hydrogen-bond donors (Lipinski definition) is 1. The molecule has 1 N–H and O–H groups in total. The van der Waals surface area contributed by atoms with Gasteiger partial charge in [-0.15, -0.1) is 0 Å². The molecule has 0 spiro atoms. The molecule has 17 heavy (non-hydrogen) atoms. The van der Waals surface area contributed by atoms with Gasteiger partial charge in [-0.05, 0) is 13.3 Å². The molecule has 0 unspecified atom stereocenters. The van der Waals surface area contributed by atoms with Crippen LogP contribution in [0.1, 0.15) is 29.7 Å². The minimum Gasteiger partial charge on any atom is -0.477 e. The summed E-state index contributed by atoms with van der Waals surface area (Å²) in [5.41, 5.74) is 0.0224. The van der Waals surface area contributed by atoms with Gasteiger partial charge >= 0.3 is 5.97 Å². The Labute approximate surface area is 100 Å². The summed E-state index contributed by atoms with van der Waals surface area (Å²) in [5, 5.41) is 8.90. The van der Waals surface area contributed by atoms with Gasteiger partial charge in [0.2, 0.25) is 0 Å². The summed E-state index contributed by atoms with van der Waals surface area (Å²) in [7, 11) is -3.11. The number of imidazole rings is 1. The van der Waals surface area contributed by atoms with Crippen LogP contribution < -0.4 is 0 Å². The molecule has 0 bridgehead atoms. The fourth-order valence-corrected chi connectivity index (χ4v) is 2.85. The predicted molar refractivity (Wildman–Crippen MR) is 62.9 cm³/mol. The van der Waals surface area contributed by atoms with Crippen molar-refractivity contribution in [1.29, 1.82) is 0 Å². The van der Waals surface area contributed by atoms with Crippen molar-refractivity contribution < 1.29 is 18.3 Å². The van der Waals surface area contributed by atoms with Crippen LogP contribution in [0.25, 0.3) is 0 Å². The van der Waals surface area contributed by atoms with E-state index in [-0.39, 0.29) is 23.7 Å². The highest BCUT2D eigenvalue weighted by Crippen LogP contribution is 2.06. The van der Waals surface area contributed by atoms with E-state index in [2.05, 4.69) is 4.98 Å². The molecule has 0 aliphatic heterocycles. The minimum atomic E-state index is -3.11. The van der Waals surface area contributed by atoms with Crippen LogP contribution in [-0.2, 0) is 16.4 Å². The molecular formula is C10H16N2O4S. The summed E-state index contributed by atoms with van der Waals surface area (Å²) in [6, 6.07) is 0. The van der Waals surface area contributed by atoms with Gasteiger partial charge in [-0.3, -0.25) is 0 Å². The molecule has 0 radical (unpaired) electrons. The Morgan fingerprint density at radius 3 is 2.65 bits per heavy atom. The van der Waals surface area contributed by atoms with Crippen LogP contribution in [0.5, 0.6) is 0 Å². The van der Waals surface area contributed by atoms with Gasteiger partial charge in [0.25, 0.3) is 0 Å². The Kier molecular flexibility index (Phi) is 4.28. The van der Waals surface area contributed by atoms with Gasteiger partial charge < -0.3 is 9.67 Å². The van der Waals surface area contributed by atoms with Crippen molar-refractivity contribution in [3.63, 3.8) is 0 Å². The quantitative estimate of drug-likeness (QED) is 0.813. The minimum absolute atomic E-state index is 0.0224. The van der Waals surface area contributed by atoms with Crippen molar-refractivity contribution in [3.05, 3.63) is 17.7 Å².